The summed E-state index contributed by atoms with van der Waals surface area (Å²) in [6.07, 6.45) is 3.77. The molecule has 23 heavy (non-hydrogen) atoms. The average molecular weight is 345 g/mol. The van der Waals surface area contributed by atoms with Gasteiger partial charge >= 0.3 is 6.16 Å². The van der Waals surface area contributed by atoms with Gasteiger partial charge in [0.2, 0.25) is 0 Å². The minimum atomic E-state index is -0.785. The molecule has 7 nitrogen and oxygen atoms in total. The monoisotopic (exact) mass is 344 g/mol. The van der Waals surface area contributed by atoms with E-state index in [4.69, 9.17) is 9.47 Å². The summed E-state index contributed by atoms with van der Waals surface area (Å²) in [6.45, 7) is 3.47. The minimum Gasteiger partial charge on any atom is -0.434 e. The summed E-state index contributed by atoms with van der Waals surface area (Å²) >= 11 is 0. The number of halogens is 1. The molecule has 0 saturated carbocycles. The third-order valence-electron chi connectivity index (χ3n) is 3.54. The third-order valence-corrected chi connectivity index (χ3v) is 3.54. The van der Waals surface area contributed by atoms with Gasteiger partial charge in [-0.1, -0.05) is 6.42 Å². The summed E-state index contributed by atoms with van der Waals surface area (Å²) in [5.41, 5.74) is -0.0535. The molecular weight excluding hydrogens is 324 g/mol. The van der Waals surface area contributed by atoms with Crippen LogP contribution in [-0.4, -0.2) is 42.2 Å². The van der Waals surface area contributed by atoms with Gasteiger partial charge in [0.05, 0.1) is 11.5 Å². The molecular formula is C15H21ClN2O5. The van der Waals surface area contributed by atoms with E-state index in [1.54, 1.807) is 0 Å². The molecule has 1 aromatic rings. The molecule has 0 spiro atoms. The van der Waals surface area contributed by atoms with E-state index in [1.807, 2.05) is 0 Å². The molecule has 1 fully saturated rings. The van der Waals surface area contributed by atoms with Gasteiger partial charge < -0.3 is 14.4 Å². The highest BCUT2D eigenvalue weighted by Gasteiger charge is 2.11. The standard InChI is InChI=1S/C15H20N2O5.ClH/c18-15(21-12-4-11-16-9-2-1-3-10-16)22-14-7-5-13(6-8-14)17(19)20;/h5-8H,1-4,9-12H2;1H. The molecule has 1 saturated heterocycles. The number of hydrogen-bond donors (Lipinski definition) is 0. The Bertz CT molecular complexity index is 503. The number of nitro benzene ring substituents is 1. The number of ether oxygens (including phenoxy) is 2. The normalized spacial score (nSPS) is 14.6. The zero-order valence-corrected chi connectivity index (χ0v) is 13.6. The molecule has 1 aromatic carbocycles. The first kappa shape index (κ1) is 19.2. The number of piperidine rings is 1. The minimum absolute atomic E-state index is 0. The predicted molar refractivity (Wildman–Crippen MR) is 87.2 cm³/mol. The molecule has 1 heterocycles. The van der Waals surface area contributed by atoms with Gasteiger partial charge in [-0.15, -0.1) is 12.4 Å². The van der Waals surface area contributed by atoms with E-state index in [0.717, 1.165) is 26.1 Å². The third kappa shape index (κ3) is 6.83. The fraction of sp³-hybridized carbons (Fsp3) is 0.533. The predicted octanol–water partition coefficient (Wildman–Crippen LogP) is 3.41. The second kappa shape index (κ2) is 10.0. The van der Waals surface area contributed by atoms with Crippen LogP contribution in [0, 0.1) is 10.1 Å². The molecule has 2 rings (SSSR count). The fourth-order valence-electron chi connectivity index (χ4n) is 2.39. The SMILES string of the molecule is Cl.O=C(OCCCN1CCCCC1)Oc1ccc([N+](=O)[O-])cc1. The van der Waals surface area contributed by atoms with Crippen LogP contribution in [0.1, 0.15) is 25.7 Å². The lowest BCUT2D eigenvalue weighted by Gasteiger charge is -2.26. The summed E-state index contributed by atoms with van der Waals surface area (Å²) in [5.74, 6) is 0.228. The molecule has 0 atom stereocenters. The molecule has 0 N–H and O–H groups in total. The van der Waals surface area contributed by atoms with Crippen LogP contribution in [0.25, 0.3) is 0 Å². The number of non-ortho nitro benzene ring substituents is 1. The van der Waals surface area contributed by atoms with Crippen molar-refractivity contribution in [3.05, 3.63) is 34.4 Å². The number of rotatable bonds is 6. The molecule has 0 aromatic heterocycles. The van der Waals surface area contributed by atoms with Crippen LogP contribution in [0.15, 0.2) is 24.3 Å². The second-order valence-electron chi connectivity index (χ2n) is 5.21. The van der Waals surface area contributed by atoms with Crippen molar-refractivity contribution >= 4 is 24.2 Å². The van der Waals surface area contributed by atoms with Crippen molar-refractivity contribution in [3.8, 4) is 5.75 Å². The number of nitrogens with zero attached hydrogens (tertiary/aromatic N) is 2. The van der Waals surface area contributed by atoms with E-state index in [-0.39, 0.29) is 23.8 Å². The Morgan fingerprint density at radius 3 is 2.43 bits per heavy atom. The fourth-order valence-corrected chi connectivity index (χ4v) is 2.39. The number of likely N-dealkylation sites (tertiary alicyclic amines) is 1. The van der Waals surface area contributed by atoms with E-state index in [2.05, 4.69) is 4.90 Å². The Kier molecular flexibility index (Phi) is 8.36. The van der Waals surface area contributed by atoms with Gasteiger partial charge in [0.1, 0.15) is 5.75 Å². The second-order valence-corrected chi connectivity index (χ2v) is 5.21. The van der Waals surface area contributed by atoms with Crippen LogP contribution >= 0.6 is 12.4 Å². The molecule has 0 amide bonds. The number of carbonyl (C=O) groups is 1. The number of carbonyl (C=O) groups excluding carboxylic acids is 1. The maximum atomic E-state index is 11.5. The van der Waals surface area contributed by atoms with E-state index < -0.39 is 11.1 Å². The smallest absolute Gasteiger partial charge is 0.434 e. The van der Waals surface area contributed by atoms with Gasteiger partial charge in [0, 0.05) is 18.7 Å². The lowest BCUT2D eigenvalue weighted by Crippen LogP contribution is -2.31. The van der Waals surface area contributed by atoms with Crippen molar-refractivity contribution in [2.45, 2.75) is 25.7 Å². The Labute approximate surface area is 141 Å². The van der Waals surface area contributed by atoms with Gasteiger partial charge in [-0.2, -0.15) is 0 Å². The molecule has 8 heteroatoms. The van der Waals surface area contributed by atoms with Crippen LogP contribution < -0.4 is 4.74 Å². The zero-order valence-electron chi connectivity index (χ0n) is 12.8. The van der Waals surface area contributed by atoms with Crippen molar-refractivity contribution in [3.63, 3.8) is 0 Å². The summed E-state index contributed by atoms with van der Waals surface area (Å²) in [7, 11) is 0. The number of benzene rings is 1. The largest absolute Gasteiger partial charge is 0.513 e. The van der Waals surface area contributed by atoms with Crippen molar-refractivity contribution in [2.24, 2.45) is 0 Å². The number of hydrogen-bond acceptors (Lipinski definition) is 6. The average Bonchev–Trinajstić information content (AvgIpc) is 2.53. The highest BCUT2D eigenvalue weighted by molar-refractivity contribution is 5.85. The molecule has 0 aliphatic carbocycles. The van der Waals surface area contributed by atoms with Crippen LogP contribution in [-0.2, 0) is 4.74 Å². The van der Waals surface area contributed by atoms with E-state index in [0.29, 0.717) is 6.61 Å². The first-order chi connectivity index (χ1) is 10.6. The van der Waals surface area contributed by atoms with Crippen LogP contribution in [0.2, 0.25) is 0 Å². The maximum Gasteiger partial charge on any atom is 0.513 e. The van der Waals surface area contributed by atoms with E-state index in [9.17, 15) is 14.9 Å². The van der Waals surface area contributed by atoms with Gasteiger partial charge in [0.25, 0.3) is 5.69 Å². The molecule has 1 aliphatic rings. The van der Waals surface area contributed by atoms with Crippen LogP contribution in [0.3, 0.4) is 0 Å². The molecule has 0 bridgehead atoms. The van der Waals surface area contributed by atoms with Crippen molar-refractivity contribution in [1.29, 1.82) is 0 Å². The van der Waals surface area contributed by atoms with E-state index in [1.165, 1.54) is 43.5 Å². The van der Waals surface area contributed by atoms with Crippen LogP contribution in [0.5, 0.6) is 5.75 Å². The van der Waals surface area contributed by atoms with Gasteiger partial charge in [-0.25, -0.2) is 4.79 Å². The quantitative estimate of drug-likeness (QED) is 0.258. The molecule has 1 aliphatic heterocycles. The lowest BCUT2D eigenvalue weighted by molar-refractivity contribution is -0.384. The summed E-state index contributed by atoms with van der Waals surface area (Å²) in [6, 6.07) is 5.29. The first-order valence-electron chi connectivity index (χ1n) is 7.46. The van der Waals surface area contributed by atoms with Crippen molar-refractivity contribution in [1.82, 2.24) is 4.90 Å². The Morgan fingerprint density at radius 2 is 1.83 bits per heavy atom. The van der Waals surface area contributed by atoms with Crippen LogP contribution in [0.4, 0.5) is 10.5 Å². The summed E-state index contributed by atoms with van der Waals surface area (Å²) in [5, 5.41) is 10.5. The topological polar surface area (TPSA) is 81.9 Å². The zero-order chi connectivity index (χ0) is 15.8. The number of nitro groups is 1. The molecule has 0 unspecified atom stereocenters. The Hall–Kier alpha value is -1.86. The lowest BCUT2D eigenvalue weighted by atomic mass is 10.1. The highest BCUT2D eigenvalue weighted by atomic mass is 35.5. The van der Waals surface area contributed by atoms with E-state index >= 15 is 0 Å². The maximum absolute atomic E-state index is 11.5. The Balaban J connectivity index is 0.00000264. The molecule has 128 valence electrons. The van der Waals surface area contributed by atoms with Crippen molar-refractivity contribution in [2.75, 3.05) is 26.2 Å². The van der Waals surface area contributed by atoms with Gasteiger partial charge in [-0.05, 0) is 44.5 Å². The van der Waals surface area contributed by atoms with Gasteiger partial charge in [0.15, 0.2) is 0 Å². The highest BCUT2D eigenvalue weighted by Crippen LogP contribution is 2.17. The summed E-state index contributed by atoms with van der Waals surface area (Å²) < 4.78 is 9.94. The van der Waals surface area contributed by atoms with Gasteiger partial charge in [-0.3, -0.25) is 10.1 Å². The van der Waals surface area contributed by atoms with Crippen molar-refractivity contribution < 1.29 is 19.2 Å². The first-order valence-corrected chi connectivity index (χ1v) is 7.46. The Morgan fingerprint density at radius 1 is 1.17 bits per heavy atom. The summed E-state index contributed by atoms with van der Waals surface area (Å²) in [4.78, 5) is 23.9. The molecule has 0 radical (unpaired) electrons.